The van der Waals surface area contributed by atoms with Gasteiger partial charge in [-0.25, -0.2) is 4.39 Å². The maximum Gasteiger partial charge on any atom is 0.361 e. The molecule has 168 valence electrons. The van der Waals surface area contributed by atoms with Gasteiger partial charge in [-0.1, -0.05) is 0 Å². The molecule has 0 fully saturated rings. The lowest BCUT2D eigenvalue weighted by Gasteiger charge is -2.17. The Kier molecular flexibility index (Phi) is 7.75. The number of rotatable bonds is 9. The number of hydrogen-bond donors (Lipinski definition) is 1. The molecular weight excluding hydrogens is 432 g/mol. The quantitative estimate of drug-likeness (QED) is 0.370. The van der Waals surface area contributed by atoms with Crippen molar-refractivity contribution in [3.8, 4) is 11.3 Å². The van der Waals surface area contributed by atoms with Gasteiger partial charge in [-0.3, -0.25) is 14.0 Å². The van der Waals surface area contributed by atoms with Gasteiger partial charge >= 0.3 is 7.60 Å². The monoisotopic (exact) mass is 457 g/mol. The summed E-state index contributed by atoms with van der Waals surface area (Å²) in [6.45, 7) is 4.01. The number of nitrogens with one attached hydrogen (secondary N) is 1. The minimum Gasteiger partial charge on any atom is -0.323 e. The Balaban J connectivity index is 1.72. The molecule has 32 heavy (non-hydrogen) atoms. The van der Waals surface area contributed by atoms with Crippen molar-refractivity contribution in [1.29, 1.82) is 0 Å². The summed E-state index contributed by atoms with van der Waals surface area (Å²) >= 11 is 0. The molecule has 0 atom stereocenters. The molecule has 9 heteroatoms. The molecule has 0 bridgehead atoms. The average Bonchev–Trinajstić information content (AvgIpc) is 3.14. The van der Waals surface area contributed by atoms with E-state index in [0.717, 1.165) is 16.8 Å². The zero-order chi connectivity index (χ0) is 23.1. The normalized spacial score (nSPS) is 11.8. The molecule has 0 aliphatic carbocycles. The van der Waals surface area contributed by atoms with Gasteiger partial charge in [0.1, 0.15) is 5.82 Å². The van der Waals surface area contributed by atoms with Gasteiger partial charge in [0.25, 0.3) is 0 Å². The first-order valence-corrected chi connectivity index (χ1v) is 11.7. The second-order valence-corrected chi connectivity index (χ2v) is 8.81. The Hall–Kier alpha value is -3.06. The Bertz CT molecular complexity index is 1130. The lowest BCUT2D eigenvalue weighted by Crippen LogP contribution is -2.12. The molecule has 1 aromatic heterocycles. The topological polar surface area (TPSA) is 82.4 Å². The lowest BCUT2D eigenvalue weighted by atomic mass is 10.1. The summed E-state index contributed by atoms with van der Waals surface area (Å²) in [6, 6.07) is 12.6. The Morgan fingerprint density at radius 3 is 2.31 bits per heavy atom. The first kappa shape index (κ1) is 23.6. The van der Waals surface area contributed by atoms with E-state index in [1.165, 1.54) is 18.2 Å². The van der Waals surface area contributed by atoms with E-state index in [0.29, 0.717) is 11.0 Å². The molecule has 7 nitrogen and oxygen atoms in total. The van der Waals surface area contributed by atoms with Crippen LogP contribution in [-0.4, -0.2) is 28.9 Å². The van der Waals surface area contributed by atoms with Gasteiger partial charge in [0.2, 0.25) is 5.91 Å². The number of nitrogens with zero attached hydrogens (tertiary/aromatic N) is 2. The standard InChI is InChI=1S/C23H25FN3O4P/c1-4-30-32(29,31-5-2)21-13-11-20(12-14-21)26-22(28)15-8-18-16-25-27(3)23(18)17-6-9-19(24)10-7-17/h6-16H,4-5H2,1-3H3,(H,26,28)/b15-8+. The van der Waals surface area contributed by atoms with Crippen molar-refractivity contribution in [2.75, 3.05) is 18.5 Å². The molecule has 3 aromatic rings. The molecule has 0 saturated heterocycles. The lowest BCUT2D eigenvalue weighted by molar-refractivity contribution is -0.111. The van der Waals surface area contributed by atoms with Crippen molar-refractivity contribution in [3.63, 3.8) is 0 Å². The van der Waals surface area contributed by atoms with Crippen LogP contribution in [0.4, 0.5) is 10.1 Å². The summed E-state index contributed by atoms with van der Waals surface area (Å²) in [5.74, 6) is -0.665. The fraction of sp³-hybridized carbons (Fsp3) is 0.217. The molecule has 1 heterocycles. The van der Waals surface area contributed by atoms with Gasteiger partial charge in [0.05, 0.1) is 30.4 Å². The summed E-state index contributed by atoms with van der Waals surface area (Å²) < 4.78 is 38.4. The van der Waals surface area contributed by atoms with E-state index in [4.69, 9.17) is 9.05 Å². The molecule has 0 spiro atoms. The van der Waals surface area contributed by atoms with Crippen LogP contribution in [0.25, 0.3) is 17.3 Å². The maximum atomic E-state index is 13.2. The molecule has 0 aliphatic rings. The van der Waals surface area contributed by atoms with Gasteiger partial charge in [-0.2, -0.15) is 5.10 Å². The zero-order valence-electron chi connectivity index (χ0n) is 18.1. The smallest absolute Gasteiger partial charge is 0.323 e. The largest absolute Gasteiger partial charge is 0.361 e. The number of benzene rings is 2. The number of halogens is 1. The van der Waals surface area contributed by atoms with E-state index in [2.05, 4.69) is 10.4 Å². The highest BCUT2D eigenvalue weighted by molar-refractivity contribution is 7.62. The van der Waals surface area contributed by atoms with Crippen LogP contribution < -0.4 is 10.6 Å². The highest BCUT2D eigenvalue weighted by Gasteiger charge is 2.26. The van der Waals surface area contributed by atoms with Crippen LogP contribution in [0.5, 0.6) is 0 Å². The molecule has 0 unspecified atom stereocenters. The SMILES string of the molecule is CCOP(=O)(OCC)c1ccc(NC(=O)/C=C/c2cnn(C)c2-c2ccc(F)cc2)cc1. The third-order valence-electron chi connectivity index (χ3n) is 4.55. The van der Waals surface area contributed by atoms with Crippen LogP contribution in [0.15, 0.2) is 60.8 Å². The molecular formula is C23H25FN3O4P. The minimum atomic E-state index is -3.37. The summed E-state index contributed by atoms with van der Waals surface area (Å²) in [7, 11) is -1.60. The second kappa shape index (κ2) is 10.5. The first-order valence-electron chi connectivity index (χ1n) is 10.1. The fourth-order valence-corrected chi connectivity index (χ4v) is 4.71. The van der Waals surface area contributed by atoms with Crippen molar-refractivity contribution < 1.29 is 22.8 Å². The van der Waals surface area contributed by atoms with E-state index in [-0.39, 0.29) is 24.9 Å². The van der Waals surface area contributed by atoms with Crippen molar-refractivity contribution in [2.45, 2.75) is 13.8 Å². The van der Waals surface area contributed by atoms with Gasteiger partial charge in [-0.15, -0.1) is 0 Å². The van der Waals surface area contributed by atoms with Gasteiger partial charge in [-0.05, 0) is 68.5 Å². The number of anilines is 1. The van der Waals surface area contributed by atoms with E-state index < -0.39 is 7.60 Å². The Morgan fingerprint density at radius 1 is 1.09 bits per heavy atom. The van der Waals surface area contributed by atoms with E-state index in [1.54, 1.807) is 74.2 Å². The van der Waals surface area contributed by atoms with Gasteiger partial charge in [0.15, 0.2) is 0 Å². The highest BCUT2D eigenvalue weighted by atomic mass is 31.2. The number of aryl methyl sites for hydroxylation is 1. The predicted molar refractivity (Wildman–Crippen MR) is 123 cm³/mol. The maximum absolute atomic E-state index is 13.2. The minimum absolute atomic E-state index is 0.259. The number of carbonyl (C=O) groups is 1. The summed E-state index contributed by atoms with van der Waals surface area (Å²) in [5.41, 5.74) is 2.81. The molecule has 0 saturated carbocycles. The van der Waals surface area contributed by atoms with Crippen LogP contribution >= 0.6 is 7.60 Å². The molecule has 0 aliphatic heterocycles. The van der Waals surface area contributed by atoms with Crippen molar-refractivity contribution in [3.05, 3.63) is 72.2 Å². The molecule has 3 rings (SSSR count). The number of carbonyl (C=O) groups excluding carboxylic acids is 1. The summed E-state index contributed by atoms with van der Waals surface area (Å²) in [5, 5.41) is 7.41. The molecule has 2 aromatic carbocycles. The molecule has 0 radical (unpaired) electrons. The number of aromatic nitrogens is 2. The van der Waals surface area contributed by atoms with Crippen LogP contribution in [0.2, 0.25) is 0 Å². The third-order valence-corrected chi connectivity index (χ3v) is 6.68. The second-order valence-electron chi connectivity index (χ2n) is 6.78. The van der Waals surface area contributed by atoms with Gasteiger partial charge < -0.3 is 14.4 Å². The van der Waals surface area contributed by atoms with Crippen molar-refractivity contribution in [2.24, 2.45) is 7.05 Å². The highest BCUT2D eigenvalue weighted by Crippen LogP contribution is 2.46. The summed E-state index contributed by atoms with van der Waals surface area (Å²) in [6.07, 6.45) is 4.67. The van der Waals surface area contributed by atoms with E-state index >= 15 is 0 Å². The third kappa shape index (κ3) is 5.59. The van der Waals surface area contributed by atoms with E-state index in [9.17, 15) is 13.8 Å². The number of hydrogen-bond acceptors (Lipinski definition) is 5. The average molecular weight is 457 g/mol. The van der Waals surface area contributed by atoms with Crippen LogP contribution in [0.1, 0.15) is 19.4 Å². The fourth-order valence-electron chi connectivity index (χ4n) is 3.14. The van der Waals surface area contributed by atoms with Crippen LogP contribution in [0, 0.1) is 5.82 Å². The van der Waals surface area contributed by atoms with Crippen molar-refractivity contribution >= 4 is 30.6 Å². The Labute approximate surface area is 186 Å². The zero-order valence-corrected chi connectivity index (χ0v) is 19.0. The Morgan fingerprint density at radius 2 is 1.72 bits per heavy atom. The summed E-state index contributed by atoms with van der Waals surface area (Å²) in [4.78, 5) is 12.4. The first-order chi connectivity index (χ1) is 15.4. The predicted octanol–water partition coefficient (Wildman–Crippen LogP) is 4.77. The number of amides is 1. The van der Waals surface area contributed by atoms with Crippen LogP contribution in [0.3, 0.4) is 0 Å². The molecule has 1 N–H and O–H groups in total. The van der Waals surface area contributed by atoms with Crippen molar-refractivity contribution in [1.82, 2.24) is 9.78 Å². The van der Waals surface area contributed by atoms with E-state index in [1.807, 2.05) is 0 Å². The molecule has 1 amide bonds. The van der Waals surface area contributed by atoms with Crippen LogP contribution in [-0.2, 0) is 25.5 Å². The van der Waals surface area contributed by atoms with Gasteiger partial charge in [0, 0.05) is 29.9 Å².